The summed E-state index contributed by atoms with van der Waals surface area (Å²) in [6, 6.07) is 3.82. The lowest BCUT2D eigenvalue weighted by Gasteiger charge is -2.40. The number of aromatic hydroxyl groups is 1. The number of phenolic OH excluding ortho intramolecular Hbond substituents is 1. The number of benzene rings is 1. The van der Waals surface area contributed by atoms with E-state index in [2.05, 4.69) is 4.98 Å². The van der Waals surface area contributed by atoms with Crippen molar-refractivity contribution in [2.75, 3.05) is 14.2 Å². The van der Waals surface area contributed by atoms with Crippen LogP contribution in [0.1, 0.15) is 35.6 Å². The van der Waals surface area contributed by atoms with Crippen LogP contribution in [0.3, 0.4) is 0 Å². The molecule has 3 aliphatic rings. The number of ether oxygens (including phenoxy) is 2. The van der Waals surface area contributed by atoms with Gasteiger partial charge in [-0.15, -0.1) is 11.8 Å². The number of phenols is 1. The molecule has 7 heteroatoms. The fourth-order valence-electron chi connectivity index (χ4n) is 5.32. The van der Waals surface area contributed by atoms with E-state index in [1.807, 2.05) is 23.9 Å². The average molecular weight is 392 g/mol. The largest absolute Gasteiger partial charge is 0.502 e. The molecule has 5 nitrogen and oxygen atoms in total. The molecule has 2 heterocycles. The smallest absolute Gasteiger partial charge is 0.305 e. The minimum Gasteiger partial charge on any atom is -0.502 e. The normalized spacial score (nSPS) is 31.5. The van der Waals surface area contributed by atoms with Crippen LogP contribution in [0.4, 0.5) is 0 Å². The molecule has 5 rings (SSSR count). The summed E-state index contributed by atoms with van der Waals surface area (Å²) in [6.45, 7) is 0. The van der Waals surface area contributed by atoms with Crippen molar-refractivity contribution in [2.45, 2.75) is 35.5 Å². The van der Waals surface area contributed by atoms with Crippen molar-refractivity contribution in [3.63, 3.8) is 0 Å². The molecule has 2 bridgehead atoms. The van der Waals surface area contributed by atoms with Gasteiger partial charge >= 0.3 is 4.87 Å². The topological polar surface area (TPSA) is 71.6 Å². The average Bonchev–Trinajstić information content (AvgIpc) is 3.33. The van der Waals surface area contributed by atoms with Crippen molar-refractivity contribution >= 4 is 23.1 Å². The van der Waals surface area contributed by atoms with Crippen LogP contribution in [-0.2, 0) is 0 Å². The van der Waals surface area contributed by atoms with Crippen molar-refractivity contribution in [2.24, 2.45) is 17.8 Å². The number of thiazole rings is 1. The van der Waals surface area contributed by atoms with Crippen LogP contribution in [-0.4, -0.2) is 29.6 Å². The Morgan fingerprint density at radius 1 is 1.15 bits per heavy atom. The van der Waals surface area contributed by atoms with Crippen molar-refractivity contribution in [1.82, 2.24) is 4.98 Å². The van der Waals surface area contributed by atoms with Gasteiger partial charge < -0.3 is 19.6 Å². The Balaban J connectivity index is 1.70. The maximum Gasteiger partial charge on any atom is 0.305 e. The van der Waals surface area contributed by atoms with Crippen LogP contribution < -0.4 is 14.3 Å². The number of rotatable bonds is 3. The molecule has 5 atom stereocenters. The highest BCUT2D eigenvalue weighted by atomic mass is 32.2. The van der Waals surface area contributed by atoms with Crippen molar-refractivity contribution in [3.8, 4) is 17.2 Å². The number of methoxy groups -OCH3 is 2. The summed E-state index contributed by atoms with van der Waals surface area (Å²) < 4.78 is 10.8. The molecule has 1 aliphatic heterocycles. The second-order valence-electron chi connectivity index (χ2n) is 7.45. The van der Waals surface area contributed by atoms with E-state index in [1.54, 1.807) is 14.2 Å². The third kappa shape index (κ3) is 2.26. The maximum absolute atomic E-state index is 12.1. The Kier molecular flexibility index (Phi) is 3.79. The maximum atomic E-state index is 12.1. The van der Waals surface area contributed by atoms with Gasteiger partial charge in [-0.3, -0.25) is 4.79 Å². The first-order chi connectivity index (χ1) is 12.6. The number of hydrogen-bond acceptors (Lipinski definition) is 6. The lowest BCUT2D eigenvalue weighted by atomic mass is 9.75. The summed E-state index contributed by atoms with van der Waals surface area (Å²) in [7, 11) is 3.10. The monoisotopic (exact) mass is 391 g/mol. The standard InChI is InChI=1S/C19H21NO4S2/c1-23-11-6-10(7-12(24-2)15(11)21)14-13-8-3-4-9(5-8)16(13)25-18-17(14)26-19(22)20-18/h6-9,13-14,16,21H,3-5H2,1-2H3,(H,20,22)/t8-,9+,13+,14+,16+/m0/s1. The second kappa shape index (κ2) is 5.96. The highest BCUT2D eigenvalue weighted by Crippen LogP contribution is 2.64. The summed E-state index contributed by atoms with van der Waals surface area (Å²) >= 11 is 3.20. The quantitative estimate of drug-likeness (QED) is 0.832. The summed E-state index contributed by atoms with van der Waals surface area (Å²) in [5.41, 5.74) is 1.07. The van der Waals surface area contributed by atoms with Gasteiger partial charge in [0.15, 0.2) is 11.5 Å². The Labute approximate surface area is 159 Å². The van der Waals surface area contributed by atoms with Gasteiger partial charge in [0.05, 0.1) is 19.2 Å². The number of aromatic amines is 1. The van der Waals surface area contributed by atoms with Crippen LogP contribution in [0.2, 0.25) is 0 Å². The minimum atomic E-state index is 0.0116. The molecule has 1 aromatic heterocycles. The Morgan fingerprint density at radius 2 is 1.85 bits per heavy atom. The SMILES string of the molecule is COc1cc([C@H]2c3sc(=O)[nH]c3S[C@@H]3[C@@H]4CC[C@@H](C4)[C@H]23)cc(OC)c1O. The fourth-order valence-corrected chi connectivity index (χ4v) is 8.21. The first kappa shape index (κ1) is 16.6. The fraction of sp³-hybridized carbons (Fsp3) is 0.526. The molecule has 2 N–H and O–H groups in total. The molecule has 2 aliphatic carbocycles. The first-order valence-corrected chi connectivity index (χ1v) is 10.6. The van der Waals surface area contributed by atoms with Crippen LogP contribution in [0, 0.1) is 17.8 Å². The van der Waals surface area contributed by atoms with E-state index in [0.29, 0.717) is 28.6 Å². The zero-order valence-corrected chi connectivity index (χ0v) is 16.3. The highest BCUT2D eigenvalue weighted by molar-refractivity contribution is 8.00. The predicted octanol–water partition coefficient (Wildman–Crippen LogP) is 3.81. The highest BCUT2D eigenvalue weighted by Gasteiger charge is 2.54. The van der Waals surface area contributed by atoms with Crippen molar-refractivity contribution in [3.05, 3.63) is 32.2 Å². The Morgan fingerprint density at radius 3 is 2.54 bits per heavy atom. The Bertz CT molecular complexity index is 895. The van der Waals surface area contributed by atoms with Gasteiger partial charge in [0.1, 0.15) is 0 Å². The molecular formula is C19H21NO4S2. The van der Waals surface area contributed by atoms with E-state index in [0.717, 1.165) is 21.4 Å². The number of hydrogen-bond donors (Lipinski definition) is 2. The molecule has 1 aromatic carbocycles. The summed E-state index contributed by atoms with van der Waals surface area (Å²) in [6.07, 6.45) is 3.88. The lowest BCUT2D eigenvalue weighted by Crippen LogP contribution is -2.33. The van der Waals surface area contributed by atoms with Crippen LogP contribution in [0.5, 0.6) is 17.2 Å². The molecule has 2 fully saturated rings. The molecule has 0 spiro atoms. The van der Waals surface area contributed by atoms with E-state index in [-0.39, 0.29) is 16.5 Å². The van der Waals surface area contributed by atoms with Crippen LogP contribution >= 0.6 is 23.1 Å². The van der Waals surface area contributed by atoms with E-state index < -0.39 is 0 Å². The van der Waals surface area contributed by atoms with E-state index in [9.17, 15) is 9.90 Å². The third-order valence-corrected chi connectivity index (χ3v) is 8.95. The van der Waals surface area contributed by atoms with E-state index >= 15 is 0 Å². The second-order valence-corrected chi connectivity index (χ2v) is 9.66. The van der Waals surface area contributed by atoms with Gasteiger partial charge in [0, 0.05) is 16.0 Å². The molecule has 0 saturated heterocycles. The molecule has 0 radical (unpaired) electrons. The molecule has 26 heavy (non-hydrogen) atoms. The minimum absolute atomic E-state index is 0.0116. The van der Waals surface area contributed by atoms with Gasteiger partial charge in [0.25, 0.3) is 0 Å². The molecule has 0 amide bonds. The van der Waals surface area contributed by atoms with E-state index in [4.69, 9.17) is 9.47 Å². The van der Waals surface area contributed by atoms with Gasteiger partial charge in [0.2, 0.25) is 5.75 Å². The number of H-pyrrole nitrogens is 1. The zero-order valence-electron chi connectivity index (χ0n) is 14.7. The Hall–Kier alpha value is -1.60. The van der Waals surface area contributed by atoms with Crippen LogP contribution in [0.15, 0.2) is 22.0 Å². The van der Waals surface area contributed by atoms with Gasteiger partial charge in [-0.05, 0) is 54.7 Å². The molecule has 138 valence electrons. The summed E-state index contributed by atoms with van der Waals surface area (Å²) in [5, 5.41) is 11.9. The van der Waals surface area contributed by atoms with Gasteiger partial charge in [-0.2, -0.15) is 0 Å². The van der Waals surface area contributed by atoms with Gasteiger partial charge in [-0.1, -0.05) is 11.3 Å². The number of thioether (sulfide) groups is 1. The first-order valence-electron chi connectivity index (χ1n) is 8.95. The number of aromatic nitrogens is 1. The number of fused-ring (bicyclic) bond motifs is 6. The molecule has 2 saturated carbocycles. The lowest BCUT2D eigenvalue weighted by molar-refractivity contribution is 0.304. The van der Waals surface area contributed by atoms with E-state index in [1.165, 1.54) is 30.6 Å². The van der Waals surface area contributed by atoms with Crippen molar-refractivity contribution < 1.29 is 14.6 Å². The molecular weight excluding hydrogens is 370 g/mol. The van der Waals surface area contributed by atoms with Gasteiger partial charge in [-0.25, -0.2) is 0 Å². The summed E-state index contributed by atoms with van der Waals surface area (Å²) in [5.74, 6) is 2.99. The van der Waals surface area contributed by atoms with Crippen LogP contribution in [0.25, 0.3) is 0 Å². The van der Waals surface area contributed by atoms with Crippen molar-refractivity contribution in [1.29, 1.82) is 0 Å². The summed E-state index contributed by atoms with van der Waals surface area (Å²) in [4.78, 5) is 16.3. The third-order valence-electron chi connectivity index (χ3n) is 6.33. The molecule has 0 unspecified atom stereocenters. The predicted molar refractivity (Wildman–Crippen MR) is 102 cm³/mol. The molecule has 2 aromatic rings. The zero-order chi connectivity index (χ0) is 18.0. The number of nitrogens with one attached hydrogen (secondary N) is 1.